The summed E-state index contributed by atoms with van der Waals surface area (Å²) >= 11 is 0. The molecule has 1 fully saturated rings. The molecule has 0 saturated carbocycles. The smallest absolute Gasteiger partial charge is 0.243 e. The van der Waals surface area contributed by atoms with Crippen molar-refractivity contribution in [3.63, 3.8) is 0 Å². The van der Waals surface area contributed by atoms with Crippen LogP contribution in [0, 0.1) is 0 Å². The Morgan fingerprint density at radius 2 is 1.74 bits per heavy atom. The number of fused-ring (bicyclic) bond motifs is 1. The Morgan fingerprint density at radius 1 is 1.04 bits per heavy atom. The third-order valence-corrected chi connectivity index (χ3v) is 6.75. The number of hydrogen-bond donors (Lipinski definition) is 1. The number of benzene rings is 2. The Balaban J connectivity index is 1.40. The molecule has 4 rings (SSSR count). The molecule has 1 aliphatic rings. The van der Waals surface area contributed by atoms with Crippen LogP contribution in [0.25, 0.3) is 11.0 Å². The zero-order valence-electron chi connectivity index (χ0n) is 15.1. The first-order chi connectivity index (χ1) is 13.1. The van der Waals surface area contributed by atoms with Crippen LogP contribution in [-0.4, -0.2) is 60.9 Å². The van der Waals surface area contributed by atoms with E-state index in [-0.39, 0.29) is 0 Å². The third-order valence-electron chi connectivity index (χ3n) is 4.84. The first-order valence-corrected chi connectivity index (χ1v) is 10.3. The van der Waals surface area contributed by atoms with Gasteiger partial charge >= 0.3 is 0 Å². The van der Waals surface area contributed by atoms with Crippen LogP contribution in [0.4, 0.5) is 0 Å². The Kier molecular flexibility index (Phi) is 4.86. The lowest BCUT2D eigenvalue weighted by Crippen LogP contribution is -2.48. The number of piperazine rings is 1. The van der Waals surface area contributed by atoms with Gasteiger partial charge in [-0.15, -0.1) is 0 Å². The van der Waals surface area contributed by atoms with E-state index in [2.05, 4.69) is 14.9 Å². The van der Waals surface area contributed by atoms with Gasteiger partial charge < -0.3 is 9.72 Å². The molecule has 27 heavy (non-hydrogen) atoms. The number of ether oxygens (including phenoxy) is 1. The van der Waals surface area contributed by atoms with Crippen LogP contribution < -0.4 is 4.74 Å². The Labute approximate surface area is 158 Å². The van der Waals surface area contributed by atoms with Crippen molar-refractivity contribution in [3.05, 3.63) is 54.4 Å². The van der Waals surface area contributed by atoms with E-state index in [0.717, 1.165) is 16.9 Å². The van der Waals surface area contributed by atoms with Crippen LogP contribution in [0.15, 0.2) is 53.4 Å². The number of methoxy groups -OCH3 is 1. The molecular formula is C19H22N4O3S. The Morgan fingerprint density at radius 3 is 2.41 bits per heavy atom. The van der Waals surface area contributed by atoms with Crippen LogP contribution in [0.3, 0.4) is 0 Å². The molecule has 0 unspecified atom stereocenters. The fraction of sp³-hybridized carbons (Fsp3) is 0.316. The lowest BCUT2D eigenvalue weighted by Gasteiger charge is -2.33. The zero-order valence-corrected chi connectivity index (χ0v) is 15.9. The maximum atomic E-state index is 12.8. The number of sulfonamides is 1. The molecule has 1 aromatic heterocycles. The number of nitrogens with zero attached hydrogens (tertiary/aromatic N) is 3. The van der Waals surface area contributed by atoms with E-state index in [1.807, 2.05) is 24.3 Å². The van der Waals surface area contributed by atoms with Crippen LogP contribution in [-0.2, 0) is 16.6 Å². The summed E-state index contributed by atoms with van der Waals surface area (Å²) in [6.07, 6.45) is 0. The molecule has 0 aliphatic carbocycles. The van der Waals surface area contributed by atoms with Gasteiger partial charge in [-0.3, -0.25) is 4.90 Å². The molecule has 7 nitrogen and oxygen atoms in total. The normalized spacial score (nSPS) is 16.6. The van der Waals surface area contributed by atoms with Gasteiger partial charge in [0, 0.05) is 26.2 Å². The van der Waals surface area contributed by atoms with Gasteiger partial charge in [-0.1, -0.05) is 12.1 Å². The number of hydrogen-bond acceptors (Lipinski definition) is 5. The molecule has 8 heteroatoms. The molecule has 1 N–H and O–H groups in total. The first kappa shape index (κ1) is 18.0. The van der Waals surface area contributed by atoms with E-state index in [1.54, 1.807) is 35.7 Å². The van der Waals surface area contributed by atoms with Crippen molar-refractivity contribution in [2.24, 2.45) is 0 Å². The molecular weight excluding hydrogens is 364 g/mol. The first-order valence-electron chi connectivity index (χ1n) is 8.86. The van der Waals surface area contributed by atoms with Crippen molar-refractivity contribution in [1.82, 2.24) is 19.2 Å². The van der Waals surface area contributed by atoms with Gasteiger partial charge in [0.2, 0.25) is 10.0 Å². The predicted molar refractivity (Wildman–Crippen MR) is 103 cm³/mol. The van der Waals surface area contributed by atoms with Crippen LogP contribution >= 0.6 is 0 Å². The van der Waals surface area contributed by atoms with Gasteiger partial charge in [-0.05, 0) is 36.4 Å². The number of aromatic amines is 1. The molecule has 2 heterocycles. The van der Waals surface area contributed by atoms with E-state index in [1.165, 1.54) is 0 Å². The van der Waals surface area contributed by atoms with Gasteiger partial charge in [-0.25, -0.2) is 13.4 Å². The summed E-state index contributed by atoms with van der Waals surface area (Å²) in [6.45, 7) is 2.97. The second kappa shape index (κ2) is 7.30. The molecule has 2 aromatic carbocycles. The molecule has 1 aliphatic heterocycles. The van der Waals surface area contributed by atoms with Crippen molar-refractivity contribution < 1.29 is 13.2 Å². The second-order valence-electron chi connectivity index (χ2n) is 6.56. The maximum absolute atomic E-state index is 12.8. The summed E-state index contributed by atoms with van der Waals surface area (Å²) in [5, 5.41) is 0. The molecule has 0 radical (unpaired) electrons. The summed E-state index contributed by atoms with van der Waals surface area (Å²) in [7, 11) is -1.92. The number of nitrogens with one attached hydrogen (secondary N) is 1. The highest BCUT2D eigenvalue weighted by atomic mass is 32.2. The van der Waals surface area contributed by atoms with Crippen molar-refractivity contribution in [3.8, 4) is 5.75 Å². The Bertz CT molecular complexity index is 990. The molecule has 0 atom stereocenters. The topological polar surface area (TPSA) is 78.5 Å². The summed E-state index contributed by atoms with van der Waals surface area (Å²) in [6, 6.07) is 14.5. The number of rotatable bonds is 5. The van der Waals surface area contributed by atoms with Crippen LogP contribution in [0.1, 0.15) is 5.82 Å². The maximum Gasteiger partial charge on any atom is 0.243 e. The highest BCUT2D eigenvalue weighted by Crippen LogP contribution is 2.21. The van der Waals surface area contributed by atoms with Gasteiger partial charge in [0.1, 0.15) is 11.6 Å². The van der Waals surface area contributed by atoms with Gasteiger partial charge in [0.15, 0.2) is 0 Å². The number of imidazole rings is 1. The molecule has 142 valence electrons. The second-order valence-corrected chi connectivity index (χ2v) is 8.49. The molecule has 3 aromatic rings. The number of para-hydroxylation sites is 2. The fourth-order valence-electron chi connectivity index (χ4n) is 3.32. The minimum Gasteiger partial charge on any atom is -0.497 e. The average molecular weight is 386 g/mol. The van der Waals surface area contributed by atoms with Crippen molar-refractivity contribution in [2.45, 2.75) is 11.4 Å². The van der Waals surface area contributed by atoms with Crippen LogP contribution in [0.5, 0.6) is 5.75 Å². The minimum atomic E-state index is -3.48. The molecule has 0 spiro atoms. The molecule has 0 amide bonds. The largest absolute Gasteiger partial charge is 0.497 e. The van der Waals surface area contributed by atoms with Crippen molar-refractivity contribution >= 4 is 21.1 Å². The third kappa shape index (κ3) is 3.69. The van der Waals surface area contributed by atoms with E-state index < -0.39 is 10.0 Å². The average Bonchev–Trinajstić information content (AvgIpc) is 3.10. The lowest BCUT2D eigenvalue weighted by molar-refractivity contribution is 0.178. The number of aromatic nitrogens is 2. The molecule has 1 saturated heterocycles. The minimum absolute atomic E-state index is 0.300. The summed E-state index contributed by atoms with van der Waals surface area (Å²) < 4.78 is 32.3. The van der Waals surface area contributed by atoms with Gasteiger partial charge in [0.25, 0.3) is 0 Å². The predicted octanol–water partition coefficient (Wildman–Crippen LogP) is 2.08. The standard InChI is InChI=1S/C19H22N4O3S/c1-26-15-6-8-16(9-7-15)27(24,25)23-12-10-22(11-13-23)14-19-20-17-4-2-3-5-18(17)21-19/h2-9H,10-14H2,1H3,(H,20,21). The highest BCUT2D eigenvalue weighted by molar-refractivity contribution is 7.89. The fourth-order valence-corrected chi connectivity index (χ4v) is 4.74. The lowest BCUT2D eigenvalue weighted by atomic mass is 10.3. The van der Waals surface area contributed by atoms with E-state index in [4.69, 9.17) is 4.74 Å². The van der Waals surface area contributed by atoms with E-state index in [9.17, 15) is 8.42 Å². The monoisotopic (exact) mass is 386 g/mol. The van der Waals surface area contributed by atoms with Crippen LogP contribution in [0.2, 0.25) is 0 Å². The number of H-pyrrole nitrogens is 1. The summed E-state index contributed by atoms with van der Waals surface area (Å²) in [4.78, 5) is 10.4. The summed E-state index contributed by atoms with van der Waals surface area (Å²) in [5.74, 6) is 1.55. The summed E-state index contributed by atoms with van der Waals surface area (Å²) in [5.41, 5.74) is 1.97. The van der Waals surface area contributed by atoms with E-state index in [0.29, 0.717) is 43.4 Å². The van der Waals surface area contributed by atoms with Gasteiger partial charge in [-0.2, -0.15) is 4.31 Å². The van der Waals surface area contributed by atoms with E-state index >= 15 is 0 Å². The zero-order chi connectivity index (χ0) is 18.9. The van der Waals surface area contributed by atoms with Crippen molar-refractivity contribution in [1.29, 1.82) is 0 Å². The Hall–Kier alpha value is -2.42. The van der Waals surface area contributed by atoms with Crippen molar-refractivity contribution in [2.75, 3.05) is 33.3 Å². The highest BCUT2D eigenvalue weighted by Gasteiger charge is 2.28. The quantitative estimate of drug-likeness (QED) is 0.726. The SMILES string of the molecule is COc1ccc(S(=O)(=O)N2CCN(Cc3nc4ccccc4[nH]3)CC2)cc1. The van der Waals surface area contributed by atoms with Gasteiger partial charge in [0.05, 0.1) is 29.6 Å². The molecule has 0 bridgehead atoms.